The van der Waals surface area contributed by atoms with Gasteiger partial charge in [0.05, 0.1) is 12.8 Å². The molecule has 0 atom stereocenters. The van der Waals surface area contributed by atoms with E-state index in [-0.39, 0.29) is 5.71 Å². The Morgan fingerprint density at radius 1 is 1.36 bits per heavy atom. The molecule has 74 valence electrons. The van der Waals surface area contributed by atoms with Gasteiger partial charge in [0.25, 0.3) is 0 Å². The van der Waals surface area contributed by atoms with Crippen LogP contribution >= 0.6 is 0 Å². The summed E-state index contributed by atoms with van der Waals surface area (Å²) in [7, 11) is 1.32. The Balaban J connectivity index is 2.59. The molecule has 0 heterocycles. The highest BCUT2D eigenvalue weighted by Gasteiger charge is 2.03. The van der Waals surface area contributed by atoms with Crippen molar-refractivity contribution >= 4 is 17.4 Å². The quantitative estimate of drug-likeness (QED) is 0.450. The molecule has 0 radical (unpaired) electrons. The SMILES string of the molecule is COC(=O)C(C)=NNc1ccccc1. The Morgan fingerprint density at radius 2 is 2.00 bits per heavy atom. The fraction of sp³-hybridized carbons (Fsp3) is 0.200. The molecule has 14 heavy (non-hydrogen) atoms. The number of para-hydroxylation sites is 1. The van der Waals surface area contributed by atoms with Crippen molar-refractivity contribution in [3.63, 3.8) is 0 Å². The van der Waals surface area contributed by atoms with E-state index in [0.29, 0.717) is 0 Å². The second-order valence-electron chi connectivity index (χ2n) is 2.67. The summed E-state index contributed by atoms with van der Waals surface area (Å²) < 4.78 is 4.49. The fourth-order valence-corrected chi connectivity index (χ4v) is 0.854. The lowest BCUT2D eigenvalue weighted by Crippen LogP contribution is -2.13. The highest BCUT2D eigenvalue weighted by molar-refractivity contribution is 6.35. The molecule has 0 spiro atoms. The van der Waals surface area contributed by atoms with Crippen molar-refractivity contribution in [2.24, 2.45) is 5.10 Å². The van der Waals surface area contributed by atoms with Crippen LogP contribution < -0.4 is 5.43 Å². The van der Waals surface area contributed by atoms with E-state index >= 15 is 0 Å². The van der Waals surface area contributed by atoms with Crippen molar-refractivity contribution in [2.45, 2.75) is 6.92 Å². The molecule has 0 aromatic heterocycles. The monoisotopic (exact) mass is 192 g/mol. The van der Waals surface area contributed by atoms with Gasteiger partial charge in [0.1, 0.15) is 5.71 Å². The number of methoxy groups -OCH3 is 1. The van der Waals surface area contributed by atoms with Crippen LogP contribution in [0.15, 0.2) is 35.4 Å². The lowest BCUT2D eigenvalue weighted by Gasteiger charge is -2.00. The predicted octanol–water partition coefficient (Wildman–Crippen LogP) is 1.65. The summed E-state index contributed by atoms with van der Waals surface area (Å²) in [6.45, 7) is 1.59. The standard InChI is InChI=1S/C10H12N2O2/c1-8(10(13)14-2)11-12-9-6-4-3-5-7-9/h3-7,12H,1-2H3. The summed E-state index contributed by atoms with van der Waals surface area (Å²) in [6, 6.07) is 9.38. The molecule has 0 saturated carbocycles. The molecule has 0 aliphatic carbocycles. The lowest BCUT2D eigenvalue weighted by atomic mass is 10.3. The lowest BCUT2D eigenvalue weighted by molar-refractivity contribution is -0.132. The molecule has 4 nitrogen and oxygen atoms in total. The second kappa shape index (κ2) is 5.01. The molecule has 0 aliphatic rings. The summed E-state index contributed by atoms with van der Waals surface area (Å²) in [5, 5.41) is 3.86. The second-order valence-corrected chi connectivity index (χ2v) is 2.67. The van der Waals surface area contributed by atoms with E-state index in [2.05, 4.69) is 15.3 Å². The molecular weight excluding hydrogens is 180 g/mol. The number of ether oxygens (including phenoxy) is 1. The molecular formula is C10H12N2O2. The first-order valence-electron chi connectivity index (χ1n) is 4.17. The summed E-state index contributed by atoms with van der Waals surface area (Å²) in [5.74, 6) is -0.437. The minimum absolute atomic E-state index is 0.288. The predicted molar refractivity (Wildman–Crippen MR) is 55.2 cm³/mol. The average Bonchev–Trinajstić information content (AvgIpc) is 2.26. The number of hydrogen-bond acceptors (Lipinski definition) is 4. The first-order valence-corrected chi connectivity index (χ1v) is 4.17. The number of anilines is 1. The van der Waals surface area contributed by atoms with Crippen LogP contribution in [0.25, 0.3) is 0 Å². The van der Waals surface area contributed by atoms with Gasteiger partial charge in [-0.25, -0.2) is 4.79 Å². The van der Waals surface area contributed by atoms with Gasteiger partial charge < -0.3 is 4.74 Å². The maximum Gasteiger partial charge on any atom is 0.353 e. The van der Waals surface area contributed by atoms with Gasteiger partial charge in [-0.2, -0.15) is 5.10 Å². The van der Waals surface area contributed by atoms with Crippen LogP contribution in [0.3, 0.4) is 0 Å². The summed E-state index contributed by atoms with van der Waals surface area (Å²) in [5.41, 5.74) is 3.86. The van der Waals surface area contributed by atoms with Gasteiger partial charge in [0.2, 0.25) is 0 Å². The van der Waals surface area contributed by atoms with Gasteiger partial charge in [0, 0.05) is 0 Å². The number of nitrogens with one attached hydrogen (secondary N) is 1. The number of benzene rings is 1. The van der Waals surface area contributed by atoms with E-state index in [1.165, 1.54) is 7.11 Å². The highest BCUT2D eigenvalue weighted by atomic mass is 16.5. The number of carbonyl (C=O) groups is 1. The smallest absolute Gasteiger partial charge is 0.353 e. The molecule has 1 aromatic carbocycles. The van der Waals surface area contributed by atoms with Gasteiger partial charge >= 0.3 is 5.97 Å². The van der Waals surface area contributed by atoms with Crippen LogP contribution in [0, 0.1) is 0 Å². The molecule has 0 aliphatic heterocycles. The zero-order chi connectivity index (χ0) is 10.4. The maximum atomic E-state index is 10.9. The minimum atomic E-state index is -0.437. The number of rotatable bonds is 3. The summed E-state index contributed by atoms with van der Waals surface area (Å²) in [4.78, 5) is 10.9. The third-order valence-corrected chi connectivity index (χ3v) is 1.61. The van der Waals surface area contributed by atoms with Crippen LogP contribution in [-0.2, 0) is 9.53 Å². The Kier molecular flexibility index (Phi) is 3.67. The van der Waals surface area contributed by atoms with Crippen molar-refractivity contribution in [3.05, 3.63) is 30.3 Å². The Labute approximate surface area is 82.6 Å². The van der Waals surface area contributed by atoms with Crippen LogP contribution in [0.5, 0.6) is 0 Å². The normalized spacial score (nSPS) is 10.9. The number of carbonyl (C=O) groups excluding carboxylic acids is 1. The number of hydrazone groups is 1. The van der Waals surface area contributed by atoms with Gasteiger partial charge in [-0.05, 0) is 19.1 Å². The number of nitrogens with zero attached hydrogens (tertiary/aromatic N) is 1. The Morgan fingerprint density at radius 3 is 2.57 bits per heavy atom. The van der Waals surface area contributed by atoms with Gasteiger partial charge in [-0.1, -0.05) is 18.2 Å². The maximum absolute atomic E-state index is 10.9. The third kappa shape index (κ3) is 2.90. The molecule has 1 N–H and O–H groups in total. The molecule has 0 amide bonds. The van der Waals surface area contributed by atoms with Crippen LogP contribution in [0.1, 0.15) is 6.92 Å². The molecule has 4 heteroatoms. The first-order chi connectivity index (χ1) is 6.74. The van der Waals surface area contributed by atoms with Gasteiger partial charge in [0.15, 0.2) is 0 Å². The van der Waals surface area contributed by atoms with Crippen molar-refractivity contribution < 1.29 is 9.53 Å². The molecule has 0 bridgehead atoms. The molecule has 0 unspecified atom stereocenters. The topological polar surface area (TPSA) is 50.7 Å². The van der Waals surface area contributed by atoms with E-state index in [9.17, 15) is 4.79 Å². The van der Waals surface area contributed by atoms with Gasteiger partial charge in [-0.3, -0.25) is 5.43 Å². The molecule has 0 saturated heterocycles. The number of hydrogen-bond donors (Lipinski definition) is 1. The van der Waals surface area contributed by atoms with E-state index < -0.39 is 5.97 Å². The largest absolute Gasteiger partial charge is 0.464 e. The fourth-order valence-electron chi connectivity index (χ4n) is 0.854. The Hall–Kier alpha value is -1.84. The highest BCUT2D eigenvalue weighted by Crippen LogP contribution is 2.04. The molecule has 0 fully saturated rings. The van der Waals surface area contributed by atoms with Gasteiger partial charge in [-0.15, -0.1) is 0 Å². The van der Waals surface area contributed by atoms with E-state index in [4.69, 9.17) is 0 Å². The third-order valence-electron chi connectivity index (χ3n) is 1.61. The zero-order valence-corrected chi connectivity index (χ0v) is 8.15. The van der Waals surface area contributed by atoms with Crippen molar-refractivity contribution in [2.75, 3.05) is 12.5 Å². The van der Waals surface area contributed by atoms with Crippen LogP contribution in [-0.4, -0.2) is 18.8 Å². The van der Waals surface area contributed by atoms with Crippen LogP contribution in [0.4, 0.5) is 5.69 Å². The van der Waals surface area contributed by atoms with E-state index in [1.807, 2.05) is 30.3 Å². The van der Waals surface area contributed by atoms with Crippen LogP contribution in [0.2, 0.25) is 0 Å². The Bertz CT molecular complexity index is 333. The van der Waals surface area contributed by atoms with E-state index in [1.54, 1.807) is 6.92 Å². The van der Waals surface area contributed by atoms with Crippen molar-refractivity contribution in [3.8, 4) is 0 Å². The van der Waals surface area contributed by atoms with E-state index in [0.717, 1.165) is 5.69 Å². The molecule has 1 rings (SSSR count). The average molecular weight is 192 g/mol. The summed E-state index contributed by atoms with van der Waals surface area (Å²) in [6.07, 6.45) is 0. The minimum Gasteiger partial charge on any atom is -0.464 e. The molecule has 1 aromatic rings. The van der Waals surface area contributed by atoms with Crippen molar-refractivity contribution in [1.29, 1.82) is 0 Å². The van der Waals surface area contributed by atoms with Crippen molar-refractivity contribution in [1.82, 2.24) is 0 Å². The zero-order valence-electron chi connectivity index (χ0n) is 8.15. The first kappa shape index (κ1) is 10.2. The summed E-state index contributed by atoms with van der Waals surface area (Å²) >= 11 is 0. The number of esters is 1.